The highest BCUT2D eigenvalue weighted by molar-refractivity contribution is 5.69. The van der Waals surface area contributed by atoms with Gasteiger partial charge in [0, 0.05) is 25.6 Å². The third-order valence-corrected chi connectivity index (χ3v) is 2.85. The molecule has 0 saturated carbocycles. The lowest BCUT2D eigenvalue weighted by Gasteiger charge is -2.40. The maximum absolute atomic E-state index is 11.9. The van der Waals surface area contributed by atoms with Gasteiger partial charge in [0.25, 0.3) is 0 Å². The van der Waals surface area contributed by atoms with Crippen molar-refractivity contribution in [1.29, 1.82) is 0 Å². The largest absolute Gasteiger partial charge is 0.444 e. The van der Waals surface area contributed by atoms with Crippen LogP contribution < -0.4 is 5.32 Å². The molecule has 4 nitrogen and oxygen atoms in total. The molecule has 0 aromatic carbocycles. The average Bonchev–Trinajstić information content (AvgIpc) is 2.15. The van der Waals surface area contributed by atoms with E-state index in [1.807, 2.05) is 0 Å². The number of halogens is 3. The topological polar surface area (TPSA) is 41.6 Å². The number of unbranched alkanes of at least 4 members (excludes halogenated alkanes) is 1. The Kier molecular flexibility index (Phi) is 5.68. The summed E-state index contributed by atoms with van der Waals surface area (Å²) in [6, 6.07) is 0.161. The molecule has 0 spiro atoms. The Morgan fingerprint density at radius 1 is 1.25 bits per heavy atom. The number of likely N-dealkylation sites (tertiary alicyclic amines) is 1. The van der Waals surface area contributed by atoms with Crippen LogP contribution in [-0.2, 0) is 4.74 Å². The smallest absolute Gasteiger partial charge is 0.410 e. The summed E-state index contributed by atoms with van der Waals surface area (Å²) >= 11 is 0. The van der Waals surface area contributed by atoms with Gasteiger partial charge in [0.05, 0.1) is 0 Å². The molecular formula is C13H23F3N2O2. The lowest BCUT2D eigenvalue weighted by atomic mass is 10.1. The molecule has 1 fully saturated rings. The second-order valence-corrected chi connectivity index (χ2v) is 6.11. The molecule has 0 unspecified atom stereocenters. The zero-order valence-electron chi connectivity index (χ0n) is 12.2. The van der Waals surface area contributed by atoms with E-state index in [0.29, 0.717) is 26.1 Å². The predicted octanol–water partition coefficient (Wildman–Crippen LogP) is 2.93. The average molecular weight is 296 g/mol. The molecular weight excluding hydrogens is 273 g/mol. The highest BCUT2D eigenvalue weighted by atomic mass is 19.4. The molecule has 0 bridgehead atoms. The summed E-state index contributed by atoms with van der Waals surface area (Å²) in [5.74, 6) is 0. The van der Waals surface area contributed by atoms with Crippen LogP contribution in [-0.4, -0.2) is 48.4 Å². The van der Waals surface area contributed by atoms with Crippen LogP contribution in [0.5, 0.6) is 0 Å². The second kappa shape index (κ2) is 6.65. The molecule has 0 atom stereocenters. The standard InChI is InChI=1S/C13H23F3N2O2/c1-12(2,3)20-11(19)18-8-10(9-18)17-7-5-4-6-13(14,15)16/h10,17H,4-9H2,1-3H3. The van der Waals surface area contributed by atoms with E-state index in [1.54, 1.807) is 25.7 Å². The predicted molar refractivity (Wildman–Crippen MR) is 69.5 cm³/mol. The highest BCUT2D eigenvalue weighted by Gasteiger charge is 2.33. The summed E-state index contributed by atoms with van der Waals surface area (Å²) in [6.45, 7) is 7.06. The fourth-order valence-corrected chi connectivity index (χ4v) is 1.84. The van der Waals surface area contributed by atoms with E-state index >= 15 is 0 Å². The lowest BCUT2D eigenvalue weighted by Crippen LogP contribution is -2.60. The van der Waals surface area contributed by atoms with Crippen molar-refractivity contribution in [1.82, 2.24) is 10.2 Å². The van der Waals surface area contributed by atoms with Gasteiger partial charge >= 0.3 is 12.3 Å². The van der Waals surface area contributed by atoms with Crippen LogP contribution in [0.4, 0.5) is 18.0 Å². The van der Waals surface area contributed by atoms with Crippen LogP contribution >= 0.6 is 0 Å². The summed E-state index contributed by atoms with van der Waals surface area (Å²) in [5.41, 5.74) is -0.507. The number of ether oxygens (including phenoxy) is 1. The molecule has 7 heteroatoms. The number of amides is 1. The fraction of sp³-hybridized carbons (Fsp3) is 0.923. The first-order valence-corrected chi connectivity index (χ1v) is 6.85. The van der Waals surface area contributed by atoms with Crippen LogP contribution in [0.2, 0.25) is 0 Å². The summed E-state index contributed by atoms with van der Waals surface area (Å²) in [6.07, 6.45) is -4.51. The third kappa shape index (κ3) is 6.98. The number of carbonyl (C=O) groups is 1. The molecule has 1 rings (SSSR count). The SMILES string of the molecule is CC(C)(C)OC(=O)N1CC(NCCCCC(F)(F)F)C1. The highest BCUT2D eigenvalue weighted by Crippen LogP contribution is 2.22. The molecule has 0 aromatic rings. The maximum Gasteiger partial charge on any atom is 0.410 e. The number of carbonyl (C=O) groups excluding carboxylic acids is 1. The van der Waals surface area contributed by atoms with Crippen molar-refractivity contribution in [3.8, 4) is 0 Å². The Bertz CT molecular complexity index is 321. The van der Waals surface area contributed by atoms with Crippen molar-refractivity contribution in [2.24, 2.45) is 0 Å². The molecule has 20 heavy (non-hydrogen) atoms. The fourth-order valence-electron chi connectivity index (χ4n) is 1.84. The summed E-state index contributed by atoms with van der Waals surface area (Å²) < 4.78 is 41.0. The van der Waals surface area contributed by atoms with E-state index in [1.165, 1.54) is 0 Å². The molecule has 0 aromatic heterocycles. The van der Waals surface area contributed by atoms with E-state index in [0.717, 1.165) is 0 Å². The molecule has 0 radical (unpaired) electrons. The van der Waals surface area contributed by atoms with Gasteiger partial charge in [-0.1, -0.05) is 0 Å². The van der Waals surface area contributed by atoms with Crippen molar-refractivity contribution in [2.75, 3.05) is 19.6 Å². The van der Waals surface area contributed by atoms with Gasteiger partial charge < -0.3 is 15.0 Å². The summed E-state index contributed by atoms with van der Waals surface area (Å²) in [5, 5.41) is 3.14. The molecule has 0 aliphatic carbocycles. The van der Waals surface area contributed by atoms with Gasteiger partial charge in [-0.15, -0.1) is 0 Å². The third-order valence-electron chi connectivity index (χ3n) is 2.85. The Labute approximate surface area is 117 Å². The van der Waals surface area contributed by atoms with Gasteiger partial charge in [-0.3, -0.25) is 0 Å². The number of nitrogens with one attached hydrogen (secondary N) is 1. The van der Waals surface area contributed by atoms with Crippen LogP contribution in [0.15, 0.2) is 0 Å². The zero-order chi connectivity index (χ0) is 15.4. The Hall–Kier alpha value is -0.980. The maximum atomic E-state index is 11.9. The van der Waals surface area contributed by atoms with Crippen molar-refractivity contribution < 1.29 is 22.7 Å². The lowest BCUT2D eigenvalue weighted by molar-refractivity contribution is -0.135. The molecule has 1 saturated heterocycles. The monoisotopic (exact) mass is 296 g/mol. The molecule has 1 N–H and O–H groups in total. The quantitative estimate of drug-likeness (QED) is 0.793. The number of alkyl halides is 3. The van der Waals surface area contributed by atoms with E-state index in [4.69, 9.17) is 4.74 Å². The first-order chi connectivity index (χ1) is 9.07. The van der Waals surface area contributed by atoms with Crippen LogP contribution in [0.1, 0.15) is 40.0 Å². The minimum atomic E-state index is -4.07. The van der Waals surface area contributed by atoms with Gasteiger partial charge in [-0.05, 0) is 40.2 Å². The number of nitrogens with zero attached hydrogens (tertiary/aromatic N) is 1. The van der Waals surface area contributed by atoms with Crippen molar-refractivity contribution >= 4 is 6.09 Å². The van der Waals surface area contributed by atoms with E-state index < -0.39 is 18.2 Å². The van der Waals surface area contributed by atoms with Gasteiger partial charge in [0.1, 0.15) is 5.60 Å². The van der Waals surface area contributed by atoms with E-state index in [-0.39, 0.29) is 18.6 Å². The Balaban J connectivity index is 2.04. The van der Waals surface area contributed by atoms with Gasteiger partial charge in [-0.25, -0.2) is 4.79 Å². The van der Waals surface area contributed by atoms with Crippen molar-refractivity contribution in [3.63, 3.8) is 0 Å². The Morgan fingerprint density at radius 3 is 2.35 bits per heavy atom. The normalized spacial score (nSPS) is 17.0. The van der Waals surface area contributed by atoms with Gasteiger partial charge in [0.2, 0.25) is 0 Å². The molecule has 1 amide bonds. The van der Waals surface area contributed by atoms with Crippen molar-refractivity contribution in [3.05, 3.63) is 0 Å². The molecule has 1 aliphatic rings. The van der Waals surface area contributed by atoms with Gasteiger partial charge in [-0.2, -0.15) is 13.2 Å². The Morgan fingerprint density at radius 2 is 1.85 bits per heavy atom. The molecule has 118 valence electrons. The number of hydrogen-bond acceptors (Lipinski definition) is 3. The summed E-state index contributed by atoms with van der Waals surface area (Å²) in [4.78, 5) is 13.2. The van der Waals surface area contributed by atoms with Crippen LogP contribution in [0.3, 0.4) is 0 Å². The first-order valence-electron chi connectivity index (χ1n) is 6.85. The summed E-state index contributed by atoms with van der Waals surface area (Å²) in [7, 11) is 0. The molecule has 1 heterocycles. The van der Waals surface area contributed by atoms with Gasteiger partial charge in [0.15, 0.2) is 0 Å². The number of rotatable bonds is 5. The van der Waals surface area contributed by atoms with Crippen LogP contribution in [0, 0.1) is 0 Å². The zero-order valence-corrected chi connectivity index (χ0v) is 12.2. The van der Waals surface area contributed by atoms with Crippen molar-refractivity contribution in [2.45, 2.75) is 57.9 Å². The van der Waals surface area contributed by atoms with E-state index in [2.05, 4.69) is 5.32 Å². The van der Waals surface area contributed by atoms with Crippen LogP contribution in [0.25, 0.3) is 0 Å². The number of hydrogen-bond donors (Lipinski definition) is 1. The minimum Gasteiger partial charge on any atom is -0.444 e. The second-order valence-electron chi connectivity index (χ2n) is 6.11. The first kappa shape index (κ1) is 17.1. The molecule has 1 aliphatic heterocycles. The van der Waals surface area contributed by atoms with E-state index in [9.17, 15) is 18.0 Å². The minimum absolute atomic E-state index is 0.138.